The van der Waals surface area contributed by atoms with Crippen molar-refractivity contribution in [2.45, 2.75) is 51.3 Å². The molecule has 1 aromatic heterocycles. The first-order chi connectivity index (χ1) is 10.2. The first kappa shape index (κ1) is 14.9. The minimum Gasteiger partial charge on any atom is -0.366 e. The fraction of sp³-hybridized carbons (Fsp3) is 0.733. The Kier molecular flexibility index (Phi) is 4.87. The van der Waals surface area contributed by atoms with Gasteiger partial charge in [0, 0.05) is 36.8 Å². The Labute approximate surface area is 129 Å². The van der Waals surface area contributed by atoms with Crippen molar-refractivity contribution in [1.82, 2.24) is 15.2 Å². The highest BCUT2D eigenvalue weighted by Crippen LogP contribution is 2.19. The normalized spacial score (nSPS) is 24.3. The van der Waals surface area contributed by atoms with Crippen LogP contribution >= 0.6 is 11.3 Å². The first-order valence-electron chi connectivity index (χ1n) is 7.76. The van der Waals surface area contributed by atoms with Crippen molar-refractivity contribution < 1.29 is 9.53 Å². The van der Waals surface area contributed by atoms with Gasteiger partial charge in [-0.05, 0) is 19.8 Å². The lowest BCUT2D eigenvalue weighted by atomic mass is 10.2. The van der Waals surface area contributed by atoms with Crippen molar-refractivity contribution in [3.8, 4) is 0 Å². The minimum absolute atomic E-state index is 0.0621. The standard InChI is InChI=1S/C15H23N3O2S/c1-11-16-8-13(21-11)9-18-6-7-20-14(10-18)15(19)17-12-4-2-3-5-12/h8,12,14H,2-7,9-10H2,1H3,(H,17,19). The third kappa shape index (κ3) is 4.02. The van der Waals surface area contributed by atoms with Crippen LogP contribution in [-0.4, -0.2) is 47.6 Å². The molecule has 0 radical (unpaired) electrons. The minimum atomic E-state index is -0.326. The number of carbonyl (C=O) groups is 1. The maximum atomic E-state index is 12.3. The lowest BCUT2D eigenvalue weighted by molar-refractivity contribution is -0.139. The van der Waals surface area contributed by atoms with Crippen molar-refractivity contribution in [1.29, 1.82) is 0 Å². The SMILES string of the molecule is Cc1ncc(CN2CCOC(C(=O)NC3CCCC3)C2)s1. The lowest BCUT2D eigenvalue weighted by Crippen LogP contribution is -2.51. The van der Waals surface area contributed by atoms with E-state index in [1.165, 1.54) is 17.7 Å². The maximum Gasteiger partial charge on any atom is 0.250 e. The molecule has 1 atom stereocenters. The number of aromatic nitrogens is 1. The second-order valence-electron chi connectivity index (χ2n) is 5.93. The number of hydrogen-bond donors (Lipinski definition) is 1. The number of hydrogen-bond acceptors (Lipinski definition) is 5. The molecule has 116 valence electrons. The molecule has 2 fully saturated rings. The number of thiazole rings is 1. The van der Waals surface area contributed by atoms with Gasteiger partial charge in [-0.2, -0.15) is 0 Å². The van der Waals surface area contributed by atoms with Gasteiger partial charge in [0.25, 0.3) is 5.91 Å². The van der Waals surface area contributed by atoms with Gasteiger partial charge in [0.2, 0.25) is 0 Å². The Morgan fingerprint density at radius 3 is 3.05 bits per heavy atom. The van der Waals surface area contributed by atoms with Crippen molar-refractivity contribution in [2.75, 3.05) is 19.7 Å². The topological polar surface area (TPSA) is 54.5 Å². The molecule has 0 aromatic carbocycles. The van der Waals surface area contributed by atoms with Crippen LogP contribution < -0.4 is 5.32 Å². The molecule has 1 saturated heterocycles. The van der Waals surface area contributed by atoms with Gasteiger partial charge in [0.1, 0.15) is 6.10 Å². The molecule has 2 heterocycles. The zero-order valence-corrected chi connectivity index (χ0v) is 13.3. The summed E-state index contributed by atoms with van der Waals surface area (Å²) in [6, 6.07) is 0.362. The van der Waals surface area contributed by atoms with Gasteiger partial charge in [0.15, 0.2) is 0 Å². The molecule has 1 aliphatic heterocycles. The summed E-state index contributed by atoms with van der Waals surface area (Å²) >= 11 is 1.72. The van der Waals surface area contributed by atoms with Crippen LogP contribution in [-0.2, 0) is 16.1 Å². The summed E-state index contributed by atoms with van der Waals surface area (Å²) in [5, 5.41) is 4.23. The number of carbonyl (C=O) groups excluding carboxylic acids is 1. The quantitative estimate of drug-likeness (QED) is 0.920. The van der Waals surface area contributed by atoms with Gasteiger partial charge in [-0.15, -0.1) is 11.3 Å². The molecule has 1 N–H and O–H groups in total. The van der Waals surface area contributed by atoms with Gasteiger partial charge in [-0.25, -0.2) is 4.98 Å². The fourth-order valence-electron chi connectivity index (χ4n) is 3.07. The Morgan fingerprint density at radius 1 is 1.52 bits per heavy atom. The zero-order valence-electron chi connectivity index (χ0n) is 12.5. The van der Waals surface area contributed by atoms with Crippen molar-refractivity contribution >= 4 is 17.2 Å². The highest BCUT2D eigenvalue weighted by molar-refractivity contribution is 7.11. The fourth-order valence-corrected chi connectivity index (χ4v) is 3.91. The van der Waals surface area contributed by atoms with Gasteiger partial charge in [-0.1, -0.05) is 12.8 Å². The Bertz CT molecular complexity index is 485. The van der Waals surface area contributed by atoms with E-state index in [9.17, 15) is 4.79 Å². The molecule has 1 unspecified atom stereocenters. The van der Waals surface area contributed by atoms with E-state index in [2.05, 4.69) is 15.2 Å². The van der Waals surface area contributed by atoms with E-state index < -0.39 is 0 Å². The van der Waals surface area contributed by atoms with E-state index >= 15 is 0 Å². The molecule has 1 aliphatic carbocycles. The van der Waals surface area contributed by atoms with E-state index in [0.717, 1.165) is 30.9 Å². The van der Waals surface area contributed by atoms with Gasteiger partial charge in [0.05, 0.1) is 11.6 Å². The molecule has 1 amide bonds. The predicted octanol–water partition coefficient (Wildman–Crippen LogP) is 1.71. The molecule has 0 spiro atoms. The summed E-state index contributed by atoms with van der Waals surface area (Å²) in [4.78, 5) is 20.1. The molecule has 1 saturated carbocycles. The number of aryl methyl sites for hydroxylation is 1. The van der Waals surface area contributed by atoms with E-state index in [4.69, 9.17) is 4.74 Å². The molecule has 3 rings (SSSR count). The number of morpholine rings is 1. The highest BCUT2D eigenvalue weighted by atomic mass is 32.1. The van der Waals surface area contributed by atoms with Crippen LogP contribution in [0.4, 0.5) is 0 Å². The Hall–Kier alpha value is -0.980. The molecular weight excluding hydrogens is 286 g/mol. The third-order valence-corrected chi connectivity index (χ3v) is 5.09. The van der Waals surface area contributed by atoms with Gasteiger partial charge >= 0.3 is 0 Å². The second-order valence-corrected chi connectivity index (χ2v) is 7.25. The molecule has 6 heteroatoms. The van der Waals surface area contributed by atoms with Crippen LogP contribution in [0.3, 0.4) is 0 Å². The smallest absolute Gasteiger partial charge is 0.250 e. The summed E-state index contributed by atoms with van der Waals surface area (Å²) in [5.74, 6) is 0.0621. The number of nitrogens with one attached hydrogen (secondary N) is 1. The first-order valence-corrected chi connectivity index (χ1v) is 8.58. The lowest BCUT2D eigenvalue weighted by Gasteiger charge is -2.32. The van der Waals surface area contributed by atoms with Crippen LogP contribution in [0.25, 0.3) is 0 Å². The summed E-state index contributed by atoms with van der Waals surface area (Å²) in [7, 11) is 0. The van der Waals surface area contributed by atoms with Crippen LogP contribution in [0, 0.1) is 6.92 Å². The number of rotatable bonds is 4. The molecule has 0 bridgehead atoms. The van der Waals surface area contributed by atoms with E-state index in [-0.39, 0.29) is 12.0 Å². The van der Waals surface area contributed by atoms with E-state index in [1.807, 2.05) is 13.1 Å². The van der Waals surface area contributed by atoms with Crippen LogP contribution in [0.2, 0.25) is 0 Å². The van der Waals surface area contributed by atoms with Crippen molar-refractivity contribution in [2.24, 2.45) is 0 Å². The van der Waals surface area contributed by atoms with Crippen LogP contribution in [0.1, 0.15) is 35.6 Å². The average molecular weight is 309 g/mol. The molecule has 5 nitrogen and oxygen atoms in total. The van der Waals surface area contributed by atoms with E-state index in [0.29, 0.717) is 19.2 Å². The number of ether oxygens (including phenoxy) is 1. The summed E-state index contributed by atoms with van der Waals surface area (Å²) < 4.78 is 5.66. The van der Waals surface area contributed by atoms with Crippen LogP contribution in [0.5, 0.6) is 0 Å². The van der Waals surface area contributed by atoms with Crippen LogP contribution in [0.15, 0.2) is 6.20 Å². The molecular formula is C15H23N3O2S. The molecule has 1 aromatic rings. The van der Waals surface area contributed by atoms with Gasteiger partial charge in [-0.3, -0.25) is 9.69 Å². The maximum absolute atomic E-state index is 12.3. The summed E-state index contributed by atoms with van der Waals surface area (Å²) in [6.45, 7) is 5.06. The third-order valence-electron chi connectivity index (χ3n) is 4.19. The Morgan fingerprint density at radius 2 is 2.33 bits per heavy atom. The summed E-state index contributed by atoms with van der Waals surface area (Å²) in [6.07, 6.45) is 6.29. The zero-order chi connectivity index (χ0) is 14.7. The Balaban J connectivity index is 1.51. The van der Waals surface area contributed by atoms with Crippen molar-refractivity contribution in [3.63, 3.8) is 0 Å². The number of nitrogens with zero attached hydrogens (tertiary/aromatic N) is 2. The number of amides is 1. The largest absolute Gasteiger partial charge is 0.366 e. The van der Waals surface area contributed by atoms with Gasteiger partial charge < -0.3 is 10.1 Å². The molecule has 2 aliphatic rings. The van der Waals surface area contributed by atoms with E-state index in [1.54, 1.807) is 11.3 Å². The summed E-state index contributed by atoms with van der Waals surface area (Å²) in [5.41, 5.74) is 0. The highest BCUT2D eigenvalue weighted by Gasteiger charge is 2.29. The average Bonchev–Trinajstić information content (AvgIpc) is 3.11. The second kappa shape index (κ2) is 6.85. The monoisotopic (exact) mass is 309 g/mol. The van der Waals surface area contributed by atoms with Crippen molar-refractivity contribution in [3.05, 3.63) is 16.1 Å². The predicted molar refractivity (Wildman–Crippen MR) is 82.3 cm³/mol. The molecule has 21 heavy (non-hydrogen) atoms.